The van der Waals surface area contributed by atoms with Crippen LogP contribution in [0.15, 0.2) is 18.6 Å². The lowest BCUT2D eigenvalue weighted by atomic mass is 10.2. The second kappa shape index (κ2) is 5.33. The predicted octanol–water partition coefficient (Wildman–Crippen LogP) is 2.90. The molecule has 2 heterocycles. The van der Waals surface area contributed by atoms with Crippen molar-refractivity contribution in [2.45, 2.75) is 6.92 Å². The van der Waals surface area contributed by atoms with Crippen molar-refractivity contribution in [2.24, 2.45) is 0 Å². The number of H-pyrrole nitrogens is 1. The van der Waals surface area contributed by atoms with Gasteiger partial charge in [-0.3, -0.25) is 4.79 Å². The number of nitrogens with one attached hydrogen (secondary N) is 1. The Morgan fingerprint density at radius 1 is 1.59 bits per heavy atom. The summed E-state index contributed by atoms with van der Waals surface area (Å²) in [6.07, 6.45) is 7.09. The van der Waals surface area contributed by atoms with Gasteiger partial charge >= 0.3 is 0 Å². The molecule has 0 amide bonds. The van der Waals surface area contributed by atoms with Crippen molar-refractivity contribution in [3.63, 3.8) is 0 Å². The molecule has 0 aromatic carbocycles. The van der Waals surface area contributed by atoms with E-state index in [9.17, 15) is 4.79 Å². The van der Waals surface area contributed by atoms with Crippen LogP contribution in [0, 0.1) is 0 Å². The third-order valence-corrected chi connectivity index (χ3v) is 3.18. The SMILES string of the molecule is CC(=O)SCC=Cc1c[nH]c2c(Cl)ncnc12. The van der Waals surface area contributed by atoms with Crippen LogP contribution in [0.5, 0.6) is 0 Å². The maximum absolute atomic E-state index is 10.7. The second-order valence-electron chi connectivity index (χ2n) is 3.34. The Balaban J connectivity index is 2.19. The highest BCUT2D eigenvalue weighted by atomic mass is 35.5. The van der Waals surface area contributed by atoms with E-state index in [1.807, 2.05) is 18.3 Å². The number of aromatic amines is 1. The van der Waals surface area contributed by atoms with Crippen LogP contribution in [0.3, 0.4) is 0 Å². The summed E-state index contributed by atoms with van der Waals surface area (Å²) in [5, 5.41) is 0.520. The summed E-state index contributed by atoms with van der Waals surface area (Å²) in [7, 11) is 0. The number of hydrogen-bond donors (Lipinski definition) is 1. The number of hydrogen-bond acceptors (Lipinski definition) is 4. The van der Waals surface area contributed by atoms with Crippen LogP contribution in [-0.4, -0.2) is 25.8 Å². The minimum Gasteiger partial charge on any atom is -0.357 e. The highest BCUT2D eigenvalue weighted by Gasteiger charge is 2.05. The molecule has 0 spiro atoms. The van der Waals surface area contributed by atoms with Gasteiger partial charge in [-0.1, -0.05) is 35.5 Å². The zero-order valence-electron chi connectivity index (χ0n) is 9.11. The molecule has 0 saturated heterocycles. The Labute approximate surface area is 107 Å². The van der Waals surface area contributed by atoms with Crippen LogP contribution in [0.4, 0.5) is 0 Å². The molecule has 2 rings (SSSR count). The number of halogens is 1. The largest absolute Gasteiger partial charge is 0.357 e. The Hall–Kier alpha value is -1.33. The number of carbonyl (C=O) groups is 1. The van der Waals surface area contributed by atoms with Gasteiger partial charge in [-0.25, -0.2) is 9.97 Å². The summed E-state index contributed by atoms with van der Waals surface area (Å²) in [6, 6.07) is 0. The van der Waals surface area contributed by atoms with Crippen molar-refractivity contribution in [3.8, 4) is 0 Å². The number of fused-ring (bicyclic) bond motifs is 1. The molecule has 0 aliphatic rings. The van der Waals surface area contributed by atoms with E-state index in [1.165, 1.54) is 18.1 Å². The summed E-state index contributed by atoms with van der Waals surface area (Å²) >= 11 is 7.18. The lowest BCUT2D eigenvalue weighted by Gasteiger charge is -1.92. The molecule has 0 aliphatic heterocycles. The Morgan fingerprint density at radius 2 is 2.41 bits per heavy atom. The minimum atomic E-state index is 0.110. The third kappa shape index (κ3) is 2.87. The maximum Gasteiger partial charge on any atom is 0.186 e. The molecule has 0 atom stereocenters. The molecule has 2 aromatic heterocycles. The van der Waals surface area contributed by atoms with E-state index >= 15 is 0 Å². The van der Waals surface area contributed by atoms with Gasteiger partial charge in [-0.05, 0) is 0 Å². The van der Waals surface area contributed by atoms with Crippen molar-refractivity contribution in [2.75, 3.05) is 5.75 Å². The summed E-state index contributed by atoms with van der Waals surface area (Å²) in [5.41, 5.74) is 2.45. The van der Waals surface area contributed by atoms with Crippen LogP contribution in [0.25, 0.3) is 17.1 Å². The molecule has 0 saturated carbocycles. The van der Waals surface area contributed by atoms with Gasteiger partial charge in [0.2, 0.25) is 0 Å². The molecule has 0 unspecified atom stereocenters. The van der Waals surface area contributed by atoms with Gasteiger partial charge < -0.3 is 4.98 Å². The Morgan fingerprint density at radius 3 is 3.18 bits per heavy atom. The molecule has 17 heavy (non-hydrogen) atoms. The topological polar surface area (TPSA) is 58.6 Å². The van der Waals surface area contributed by atoms with Gasteiger partial charge in [0, 0.05) is 24.4 Å². The van der Waals surface area contributed by atoms with Gasteiger partial charge in [-0.15, -0.1) is 0 Å². The van der Waals surface area contributed by atoms with Crippen molar-refractivity contribution in [1.29, 1.82) is 0 Å². The number of rotatable bonds is 3. The van der Waals surface area contributed by atoms with Gasteiger partial charge in [0.1, 0.15) is 17.4 Å². The maximum atomic E-state index is 10.7. The Bertz CT molecular complexity index is 579. The molecule has 4 nitrogen and oxygen atoms in total. The third-order valence-electron chi connectivity index (χ3n) is 2.13. The summed E-state index contributed by atoms with van der Waals surface area (Å²) in [6.45, 7) is 1.55. The second-order valence-corrected chi connectivity index (χ2v) is 4.89. The van der Waals surface area contributed by atoms with Crippen molar-refractivity contribution in [3.05, 3.63) is 29.3 Å². The van der Waals surface area contributed by atoms with E-state index in [0.717, 1.165) is 16.6 Å². The van der Waals surface area contributed by atoms with Crippen molar-refractivity contribution in [1.82, 2.24) is 15.0 Å². The van der Waals surface area contributed by atoms with Crippen LogP contribution in [0.2, 0.25) is 5.15 Å². The zero-order chi connectivity index (χ0) is 12.3. The van der Waals surface area contributed by atoms with Gasteiger partial charge in [0.15, 0.2) is 10.3 Å². The fraction of sp³-hybridized carbons (Fsp3) is 0.182. The standard InChI is InChI=1S/C11H10ClN3OS/c1-7(16)17-4-2-3-8-5-13-10-9(8)14-6-15-11(10)12/h2-3,5-6,13H,4H2,1H3. The molecular weight excluding hydrogens is 258 g/mol. The normalized spacial score (nSPS) is 11.4. The quantitative estimate of drug-likeness (QED) is 0.869. The predicted molar refractivity (Wildman–Crippen MR) is 71.1 cm³/mol. The van der Waals surface area contributed by atoms with E-state index in [1.54, 1.807) is 6.92 Å². The Kier molecular flexibility index (Phi) is 3.81. The first-order valence-corrected chi connectivity index (χ1v) is 6.32. The summed E-state index contributed by atoms with van der Waals surface area (Å²) in [5.74, 6) is 0.654. The molecule has 88 valence electrons. The summed E-state index contributed by atoms with van der Waals surface area (Å²) < 4.78 is 0. The van der Waals surface area contributed by atoms with E-state index in [-0.39, 0.29) is 5.12 Å². The van der Waals surface area contributed by atoms with Crippen molar-refractivity contribution < 1.29 is 4.79 Å². The fourth-order valence-electron chi connectivity index (χ4n) is 1.40. The number of aromatic nitrogens is 3. The first-order chi connectivity index (χ1) is 8.18. The number of nitrogens with zero attached hydrogens (tertiary/aromatic N) is 2. The number of thioether (sulfide) groups is 1. The fourth-order valence-corrected chi connectivity index (χ4v) is 2.01. The smallest absolute Gasteiger partial charge is 0.186 e. The van der Waals surface area contributed by atoms with Gasteiger partial charge in [0.05, 0.1) is 0 Å². The summed E-state index contributed by atoms with van der Waals surface area (Å²) in [4.78, 5) is 21.8. The van der Waals surface area contributed by atoms with Crippen LogP contribution in [-0.2, 0) is 4.79 Å². The lowest BCUT2D eigenvalue weighted by Crippen LogP contribution is -1.83. The monoisotopic (exact) mass is 267 g/mol. The van der Waals surface area contributed by atoms with E-state index < -0.39 is 0 Å². The van der Waals surface area contributed by atoms with E-state index in [0.29, 0.717) is 10.9 Å². The van der Waals surface area contributed by atoms with Crippen LogP contribution >= 0.6 is 23.4 Å². The number of carbonyl (C=O) groups excluding carboxylic acids is 1. The molecule has 0 fully saturated rings. The molecule has 0 aliphatic carbocycles. The average molecular weight is 268 g/mol. The lowest BCUT2D eigenvalue weighted by molar-refractivity contribution is -0.109. The molecule has 6 heteroatoms. The van der Waals surface area contributed by atoms with Gasteiger partial charge in [-0.2, -0.15) is 0 Å². The highest BCUT2D eigenvalue weighted by Crippen LogP contribution is 2.22. The van der Waals surface area contributed by atoms with Crippen LogP contribution < -0.4 is 0 Å². The van der Waals surface area contributed by atoms with E-state index in [2.05, 4.69) is 15.0 Å². The van der Waals surface area contributed by atoms with E-state index in [4.69, 9.17) is 11.6 Å². The molecule has 2 aromatic rings. The molecule has 0 bridgehead atoms. The molecular formula is C11H10ClN3OS. The van der Waals surface area contributed by atoms with Crippen LogP contribution in [0.1, 0.15) is 12.5 Å². The minimum absolute atomic E-state index is 0.110. The molecule has 1 N–H and O–H groups in total. The first-order valence-electron chi connectivity index (χ1n) is 4.96. The zero-order valence-corrected chi connectivity index (χ0v) is 10.7. The van der Waals surface area contributed by atoms with Crippen molar-refractivity contribution >= 4 is 45.6 Å². The highest BCUT2D eigenvalue weighted by molar-refractivity contribution is 8.13. The first kappa shape index (κ1) is 12.1. The molecule has 0 radical (unpaired) electrons. The average Bonchev–Trinajstić information content (AvgIpc) is 2.69. The van der Waals surface area contributed by atoms with Gasteiger partial charge in [0.25, 0.3) is 0 Å².